The Morgan fingerprint density at radius 2 is 1.84 bits per heavy atom. The van der Waals surface area contributed by atoms with Gasteiger partial charge < -0.3 is 18.9 Å². The van der Waals surface area contributed by atoms with Crippen LogP contribution < -0.4 is 18.9 Å². The third-order valence-corrected chi connectivity index (χ3v) is 6.68. The van der Waals surface area contributed by atoms with Crippen molar-refractivity contribution in [1.82, 2.24) is 5.01 Å². The van der Waals surface area contributed by atoms with Crippen LogP contribution in [0.25, 0.3) is 0 Å². The lowest BCUT2D eigenvalue weighted by atomic mass is 9.97. The fraction of sp³-hybridized carbons (Fsp3) is 0.261. The van der Waals surface area contributed by atoms with E-state index in [-0.39, 0.29) is 6.04 Å². The molecule has 160 valence electrons. The van der Waals surface area contributed by atoms with Crippen molar-refractivity contribution in [3.05, 3.63) is 68.9 Å². The molecule has 3 aromatic rings. The molecule has 5 rings (SSSR count). The summed E-state index contributed by atoms with van der Waals surface area (Å²) in [5, 5.41) is 9.72. The number of fused-ring (bicyclic) bond motifs is 3. The maximum Gasteiger partial charge on any atom is 0.214 e. The van der Waals surface area contributed by atoms with Crippen LogP contribution in [0.4, 0.5) is 0 Å². The first-order valence-electron chi connectivity index (χ1n) is 9.78. The zero-order valence-corrected chi connectivity index (χ0v) is 18.9. The van der Waals surface area contributed by atoms with Crippen molar-refractivity contribution in [2.45, 2.75) is 18.7 Å². The second-order valence-electron chi connectivity index (χ2n) is 7.23. The third kappa shape index (κ3) is 3.38. The van der Waals surface area contributed by atoms with E-state index in [0.29, 0.717) is 22.3 Å². The molecule has 0 unspecified atom stereocenters. The van der Waals surface area contributed by atoms with Gasteiger partial charge in [-0.15, -0.1) is 11.3 Å². The summed E-state index contributed by atoms with van der Waals surface area (Å²) in [6.45, 7) is 0. The molecule has 0 spiro atoms. The first kappa shape index (κ1) is 20.0. The third-order valence-electron chi connectivity index (χ3n) is 5.53. The van der Waals surface area contributed by atoms with E-state index in [1.54, 1.807) is 32.7 Å². The highest BCUT2D eigenvalue weighted by Crippen LogP contribution is 2.50. The SMILES string of the molecule is COc1cc([C@@H]2Oc3ccc(Cl)cc3[C@H]3CC(c4cccs4)=NN32)cc(OC)c1OC. The van der Waals surface area contributed by atoms with E-state index in [1.165, 1.54) is 0 Å². The second-order valence-corrected chi connectivity index (χ2v) is 8.62. The van der Waals surface area contributed by atoms with Crippen LogP contribution in [0, 0.1) is 0 Å². The van der Waals surface area contributed by atoms with Gasteiger partial charge in [0.1, 0.15) is 5.75 Å². The number of methoxy groups -OCH3 is 3. The highest BCUT2D eigenvalue weighted by Gasteiger charge is 2.41. The predicted molar refractivity (Wildman–Crippen MR) is 121 cm³/mol. The van der Waals surface area contributed by atoms with Crippen molar-refractivity contribution in [2.75, 3.05) is 21.3 Å². The molecule has 2 aromatic carbocycles. The number of hydrogen-bond acceptors (Lipinski definition) is 7. The van der Waals surface area contributed by atoms with Gasteiger partial charge in [-0.3, -0.25) is 0 Å². The summed E-state index contributed by atoms with van der Waals surface area (Å²) in [5.74, 6) is 2.48. The van der Waals surface area contributed by atoms with E-state index < -0.39 is 6.23 Å². The minimum atomic E-state index is -0.454. The molecule has 0 saturated heterocycles. The van der Waals surface area contributed by atoms with Gasteiger partial charge in [-0.1, -0.05) is 17.7 Å². The Labute approximate surface area is 189 Å². The molecule has 2 aliphatic heterocycles. The lowest BCUT2D eigenvalue weighted by molar-refractivity contribution is -0.0192. The van der Waals surface area contributed by atoms with Crippen LogP contribution in [0.1, 0.15) is 34.7 Å². The van der Waals surface area contributed by atoms with Crippen molar-refractivity contribution >= 4 is 28.6 Å². The Balaban J connectivity index is 1.64. The maximum atomic E-state index is 6.44. The Morgan fingerprint density at radius 3 is 2.48 bits per heavy atom. The Morgan fingerprint density at radius 1 is 1.06 bits per heavy atom. The number of nitrogens with zero attached hydrogens (tertiary/aromatic N) is 2. The van der Waals surface area contributed by atoms with Gasteiger partial charge in [0.05, 0.1) is 38.0 Å². The second kappa shape index (κ2) is 7.98. The number of hydrazone groups is 1. The van der Waals surface area contributed by atoms with Crippen LogP contribution in [0.5, 0.6) is 23.0 Å². The van der Waals surface area contributed by atoms with Crippen molar-refractivity contribution in [3.8, 4) is 23.0 Å². The number of benzene rings is 2. The largest absolute Gasteiger partial charge is 0.493 e. The Bertz CT molecular complexity index is 1120. The zero-order valence-electron chi connectivity index (χ0n) is 17.3. The van der Waals surface area contributed by atoms with E-state index in [1.807, 2.05) is 41.4 Å². The number of ether oxygens (including phenoxy) is 4. The molecule has 2 atom stereocenters. The number of halogens is 1. The first-order chi connectivity index (χ1) is 15.1. The first-order valence-corrected chi connectivity index (χ1v) is 11.0. The smallest absolute Gasteiger partial charge is 0.214 e. The molecule has 0 fully saturated rings. The molecule has 0 bridgehead atoms. The molecule has 1 aromatic heterocycles. The van der Waals surface area contributed by atoms with E-state index in [9.17, 15) is 0 Å². The molecule has 31 heavy (non-hydrogen) atoms. The fourth-order valence-corrected chi connectivity index (χ4v) is 5.02. The van der Waals surface area contributed by atoms with Crippen LogP contribution in [-0.4, -0.2) is 32.0 Å². The summed E-state index contributed by atoms with van der Waals surface area (Å²) >= 11 is 8.00. The highest BCUT2D eigenvalue weighted by atomic mass is 35.5. The number of thiophene rings is 1. The standard InChI is InChI=1S/C23H21ClN2O4S/c1-27-19-9-13(10-20(28-2)22(19)29-3)23-26-17(12-16(25-26)21-5-4-8-31-21)15-11-14(24)6-7-18(15)30-23/h4-11,17,23H,12H2,1-3H3/t17-,23+/m1/s1. The summed E-state index contributed by atoms with van der Waals surface area (Å²) in [6, 6.07) is 13.7. The summed E-state index contributed by atoms with van der Waals surface area (Å²) < 4.78 is 23.0. The van der Waals surface area contributed by atoms with Crippen molar-refractivity contribution in [1.29, 1.82) is 0 Å². The molecule has 0 N–H and O–H groups in total. The Hall–Kier alpha value is -2.90. The van der Waals surface area contributed by atoms with Crippen molar-refractivity contribution in [3.63, 3.8) is 0 Å². The normalized spacial score (nSPS) is 19.2. The lowest BCUT2D eigenvalue weighted by Gasteiger charge is -2.38. The quantitative estimate of drug-likeness (QED) is 0.495. The van der Waals surface area contributed by atoms with Gasteiger partial charge in [0.15, 0.2) is 11.5 Å². The molecular weight excluding hydrogens is 436 g/mol. The summed E-state index contributed by atoms with van der Waals surface area (Å²) in [5.41, 5.74) is 2.93. The van der Waals surface area contributed by atoms with E-state index in [2.05, 4.69) is 11.4 Å². The van der Waals surface area contributed by atoms with Crippen LogP contribution in [-0.2, 0) is 0 Å². The van der Waals surface area contributed by atoms with Crippen LogP contribution in [0.2, 0.25) is 5.02 Å². The molecule has 0 aliphatic carbocycles. The van der Waals surface area contributed by atoms with E-state index >= 15 is 0 Å². The minimum absolute atomic E-state index is 0.0173. The molecule has 3 heterocycles. The predicted octanol–water partition coefficient (Wildman–Crippen LogP) is 5.67. The molecule has 6 nitrogen and oxygen atoms in total. The average molecular weight is 457 g/mol. The van der Waals surface area contributed by atoms with Gasteiger partial charge in [0.2, 0.25) is 12.0 Å². The lowest BCUT2D eigenvalue weighted by Crippen LogP contribution is -2.33. The fourth-order valence-electron chi connectivity index (χ4n) is 4.11. The van der Waals surface area contributed by atoms with Gasteiger partial charge in [0.25, 0.3) is 0 Å². The van der Waals surface area contributed by atoms with Gasteiger partial charge in [0, 0.05) is 22.6 Å². The topological polar surface area (TPSA) is 52.5 Å². The minimum Gasteiger partial charge on any atom is -0.493 e. The highest BCUT2D eigenvalue weighted by molar-refractivity contribution is 7.12. The molecule has 0 saturated carbocycles. The monoisotopic (exact) mass is 456 g/mol. The zero-order chi connectivity index (χ0) is 21.5. The van der Waals surface area contributed by atoms with Gasteiger partial charge in [-0.05, 0) is 41.8 Å². The van der Waals surface area contributed by atoms with Crippen molar-refractivity contribution < 1.29 is 18.9 Å². The van der Waals surface area contributed by atoms with Crippen LogP contribution in [0.3, 0.4) is 0 Å². The summed E-state index contributed by atoms with van der Waals surface area (Å²) in [7, 11) is 4.79. The van der Waals surface area contributed by atoms with E-state index in [4.69, 9.17) is 35.6 Å². The van der Waals surface area contributed by atoms with Crippen LogP contribution >= 0.6 is 22.9 Å². The maximum absolute atomic E-state index is 6.44. The average Bonchev–Trinajstić information content (AvgIpc) is 3.47. The number of rotatable bonds is 5. The van der Waals surface area contributed by atoms with Gasteiger partial charge >= 0.3 is 0 Å². The molecule has 0 radical (unpaired) electrons. The molecule has 8 heteroatoms. The van der Waals surface area contributed by atoms with Crippen LogP contribution in [0.15, 0.2) is 52.9 Å². The Kier molecular flexibility index (Phi) is 5.16. The van der Waals surface area contributed by atoms with Gasteiger partial charge in [-0.25, -0.2) is 5.01 Å². The van der Waals surface area contributed by atoms with E-state index in [0.717, 1.165) is 33.9 Å². The number of hydrogen-bond donors (Lipinski definition) is 0. The summed E-state index contributed by atoms with van der Waals surface area (Å²) in [6.07, 6.45) is 0.322. The molecule has 2 aliphatic rings. The molecular formula is C23H21ClN2O4S. The molecule has 0 amide bonds. The summed E-state index contributed by atoms with van der Waals surface area (Å²) in [4.78, 5) is 1.15. The van der Waals surface area contributed by atoms with Crippen molar-refractivity contribution in [2.24, 2.45) is 5.10 Å². The van der Waals surface area contributed by atoms with Gasteiger partial charge in [-0.2, -0.15) is 5.10 Å².